The summed E-state index contributed by atoms with van der Waals surface area (Å²) in [6, 6.07) is 10.3. The molecule has 3 rings (SSSR count). The van der Waals surface area contributed by atoms with Crippen LogP contribution in [0.15, 0.2) is 45.8 Å². The fourth-order valence-corrected chi connectivity index (χ4v) is 3.25. The predicted octanol–water partition coefficient (Wildman–Crippen LogP) is 1.85. The van der Waals surface area contributed by atoms with Crippen LogP contribution in [0.3, 0.4) is 0 Å². The van der Waals surface area contributed by atoms with Gasteiger partial charge in [0, 0.05) is 32.7 Å². The summed E-state index contributed by atoms with van der Waals surface area (Å²) in [5.41, 5.74) is 6.31. The van der Waals surface area contributed by atoms with Gasteiger partial charge in [0.05, 0.1) is 6.54 Å². The molecule has 28 heavy (non-hydrogen) atoms. The topological polar surface area (TPSA) is 95.9 Å². The molecule has 2 aromatic rings. The molecule has 0 aliphatic carbocycles. The number of piperidine rings is 1. The number of nitrogens with two attached hydrogens (primary N) is 1. The first-order valence-corrected chi connectivity index (χ1v) is 9.36. The van der Waals surface area contributed by atoms with Crippen LogP contribution in [0.4, 0.5) is 4.39 Å². The molecule has 1 amide bonds. The molecule has 1 aliphatic heterocycles. The molecule has 1 aromatic carbocycles. The van der Waals surface area contributed by atoms with E-state index in [-0.39, 0.29) is 11.6 Å². The lowest BCUT2D eigenvalue weighted by atomic mass is 10.0. The Hall–Kier alpha value is -2.87. The van der Waals surface area contributed by atoms with Gasteiger partial charge in [0.2, 0.25) is 0 Å². The lowest BCUT2D eigenvalue weighted by molar-refractivity contribution is 0.0972. The Morgan fingerprint density at radius 2 is 1.96 bits per heavy atom. The molecule has 1 saturated heterocycles. The largest absolute Gasteiger partial charge is 0.454 e. The quantitative estimate of drug-likeness (QED) is 0.519. The summed E-state index contributed by atoms with van der Waals surface area (Å²) < 4.78 is 18.4. The van der Waals surface area contributed by atoms with E-state index < -0.39 is 5.91 Å². The molecule has 0 spiro atoms. The highest BCUT2D eigenvalue weighted by atomic mass is 19.1. The molecule has 1 fully saturated rings. The van der Waals surface area contributed by atoms with E-state index in [2.05, 4.69) is 20.5 Å². The molecule has 150 valence electrons. The number of rotatable bonds is 6. The molecular weight excluding hydrogens is 361 g/mol. The molecule has 8 heteroatoms. The number of furan rings is 1. The SMILES string of the molecule is CN=C(NCc1ccc(C(N)=O)o1)NC1CCN(Cc2ccc(F)cc2)CC1. The standard InChI is InChI=1S/C20H26FN5O2/c1-23-20(24-12-17-6-7-18(28-17)19(22)27)25-16-8-10-26(11-9-16)13-14-2-4-15(21)5-3-14/h2-7,16H,8-13H2,1H3,(H2,22,27)(H2,23,24,25). The van der Waals surface area contributed by atoms with E-state index in [1.165, 1.54) is 12.1 Å². The van der Waals surface area contributed by atoms with E-state index in [1.54, 1.807) is 19.2 Å². The number of guanidine groups is 1. The summed E-state index contributed by atoms with van der Waals surface area (Å²) in [5, 5.41) is 6.61. The zero-order chi connectivity index (χ0) is 19.9. The van der Waals surface area contributed by atoms with Crippen molar-refractivity contribution in [2.75, 3.05) is 20.1 Å². The number of hydrogen-bond acceptors (Lipinski definition) is 4. The van der Waals surface area contributed by atoms with Crippen molar-refractivity contribution in [2.45, 2.75) is 32.0 Å². The minimum atomic E-state index is -0.582. The molecule has 4 N–H and O–H groups in total. The summed E-state index contributed by atoms with van der Waals surface area (Å²) in [7, 11) is 1.72. The van der Waals surface area contributed by atoms with Gasteiger partial charge in [0.1, 0.15) is 11.6 Å². The molecule has 1 aromatic heterocycles. The molecule has 7 nitrogen and oxygen atoms in total. The van der Waals surface area contributed by atoms with Crippen LogP contribution in [0.1, 0.15) is 34.7 Å². The molecule has 1 aliphatic rings. The molecule has 0 saturated carbocycles. The fourth-order valence-electron chi connectivity index (χ4n) is 3.25. The third kappa shape index (κ3) is 5.56. The maximum absolute atomic E-state index is 13.0. The van der Waals surface area contributed by atoms with Crippen LogP contribution in [-0.4, -0.2) is 42.9 Å². The van der Waals surface area contributed by atoms with Crippen molar-refractivity contribution in [1.82, 2.24) is 15.5 Å². The summed E-state index contributed by atoms with van der Waals surface area (Å²) in [6.07, 6.45) is 1.99. The van der Waals surface area contributed by atoms with Crippen LogP contribution in [0.2, 0.25) is 0 Å². The maximum atomic E-state index is 13.0. The number of nitrogens with zero attached hydrogens (tertiary/aromatic N) is 2. The van der Waals surface area contributed by atoms with Crippen molar-refractivity contribution in [1.29, 1.82) is 0 Å². The predicted molar refractivity (Wildman–Crippen MR) is 105 cm³/mol. The van der Waals surface area contributed by atoms with E-state index in [9.17, 15) is 9.18 Å². The fraction of sp³-hybridized carbons (Fsp3) is 0.400. The van der Waals surface area contributed by atoms with Crippen LogP contribution >= 0.6 is 0 Å². The number of primary amides is 1. The van der Waals surface area contributed by atoms with Crippen molar-refractivity contribution >= 4 is 11.9 Å². The summed E-state index contributed by atoms with van der Waals surface area (Å²) >= 11 is 0. The minimum absolute atomic E-state index is 0.147. The first kappa shape index (κ1) is 19.9. The van der Waals surface area contributed by atoms with Gasteiger partial charge in [0.25, 0.3) is 5.91 Å². The average Bonchev–Trinajstić information content (AvgIpc) is 3.18. The van der Waals surface area contributed by atoms with E-state index in [0.717, 1.165) is 38.0 Å². The normalized spacial score (nSPS) is 16.1. The van der Waals surface area contributed by atoms with Crippen molar-refractivity contribution < 1.29 is 13.6 Å². The second kappa shape index (κ2) is 9.36. The Kier molecular flexibility index (Phi) is 6.65. The summed E-state index contributed by atoms with van der Waals surface area (Å²) in [5.74, 6) is 0.667. The zero-order valence-corrected chi connectivity index (χ0v) is 16.0. The number of hydrogen-bond donors (Lipinski definition) is 3. The molecular formula is C20H26FN5O2. The third-order valence-corrected chi connectivity index (χ3v) is 4.81. The molecule has 0 atom stereocenters. The number of likely N-dealkylation sites (tertiary alicyclic amines) is 1. The molecule has 0 radical (unpaired) electrons. The number of aliphatic imine (C=N–C) groups is 1. The number of halogens is 1. The van der Waals surface area contributed by atoms with Crippen molar-refractivity contribution in [3.05, 3.63) is 59.3 Å². The average molecular weight is 387 g/mol. The van der Waals surface area contributed by atoms with Gasteiger partial charge < -0.3 is 20.8 Å². The number of carbonyl (C=O) groups excluding carboxylic acids is 1. The molecule has 0 unspecified atom stereocenters. The smallest absolute Gasteiger partial charge is 0.284 e. The van der Waals surface area contributed by atoms with E-state index >= 15 is 0 Å². The van der Waals surface area contributed by atoms with Gasteiger partial charge in [-0.25, -0.2) is 4.39 Å². The first-order chi connectivity index (χ1) is 13.5. The number of benzene rings is 1. The Bertz CT molecular complexity index is 810. The second-order valence-corrected chi connectivity index (χ2v) is 6.88. The lowest BCUT2D eigenvalue weighted by Gasteiger charge is -2.33. The number of amides is 1. The first-order valence-electron chi connectivity index (χ1n) is 9.36. The minimum Gasteiger partial charge on any atom is -0.454 e. The molecule has 0 bridgehead atoms. The zero-order valence-electron chi connectivity index (χ0n) is 16.0. The number of nitrogens with one attached hydrogen (secondary N) is 2. The Morgan fingerprint density at radius 3 is 2.57 bits per heavy atom. The van der Waals surface area contributed by atoms with Gasteiger partial charge in [-0.2, -0.15) is 0 Å². The lowest BCUT2D eigenvalue weighted by Crippen LogP contribution is -2.48. The van der Waals surface area contributed by atoms with Crippen LogP contribution in [0, 0.1) is 5.82 Å². The Labute approximate surface area is 163 Å². The van der Waals surface area contributed by atoms with E-state index in [1.807, 2.05) is 12.1 Å². The van der Waals surface area contributed by atoms with Crippen LogP contribution in [0.25, 0.3) is 0 Å². The highest BCUT2D eigenvalue weighted by molar-refractivity contribution is 5.89. The third-order valence-electron chi connectivity index (χ3n) is 4.81. The van der Waals surface area contributed by atoms with Crippen molar-refractivity contribution in [2.24, 2.45) is 10.7 Å². The Balaban J connectivity index is 1.42. The van der Waals surface area contributed by atoms with Crippen LogP contribution in [-0.2, 0) is 13.1 Å². The van der Waals surface area contributed by atoms with Gasteiger partial charge in [-0.1, -0.05) is 12.1 Å². The summed E-state index contributed by atoms with van der Waals surface area (Å²) in [6.45, 7) is 3.18. The van der Waals surface area contributed by atoms with E-state index in [0.29, 0.717) is 24.3 Å². The van der Waals surface area contributed by atoms with Gasteiger partial charge in [-0.05, 0) is 42.7 Å². The number of carbonyl (C=O) groups is 1. The van der Waals surface area contributed by atoms with Crippen LogP contribution in [0.5, 0.6) is 0 Å². The van der Waals surface area contributed by atoms with Crippen molar-refractivity contribution in [3.63, 3.8) is 0 Å². The van der Waals surface area contributed by atoms with Gasteiger partial charge in [0.15, 0.2) is 11.7 Å². The maximum Gasteiger partial charge on any atom is 0.284 e. The Morgan fingerprint density at radius 1 is 1.25 bits per heavy atom. The highest BCUT2D eigenvalue weighted by Gasteiger charge is 2.20. The second-order valence-electron chi connectivity index (χ2n) is 6.88. The van der Waals surface area contributed by atoms with Crippen LogP contribution < -0.4 is 16.4 Å². The molecule has 2 heterocycles. The van der Waals surface area contributed by atoms with E-state index in [4.69, 9.17) is 10.2 Å². The van der Waals surface area contributed by atoms with Gasteiger partial charge in [-0.15, -0.1) is 0 Å². The highest BCUT2D eigenvalue weighted by Crippen LogP contribution is 2.14. The van der Waals surface area contributed by atoms with Crippen molar-refractivity contribution in [3.8, 4) is 0 Å². The monoisotopic (exact) mass is 387 g/mol. The summed E-state index contributed by atoms with van der Waals surface area (Å²) in [4.78, 5) is 17.7. The van der Waals surface area contributed by atoms with Gasteiger partial charge >= 0.3 is 0 Å². The van der Waals surface area contributed by atoms with Gasteiger partial charge in [-0.3, -0.25) is 14.7 Å².